The maximum Gasteiger partial charge on any atom is 0.303 e. The van der Waals surface area contributed by atoms with Gasteiger partial charge in [-0.05, 0) is 37.5 Å². The van der Waals surface area contributed by atoms with Crippen molar-refractivity contribution in [3.8, 4) is 0 Å². The number of esters is 2. The zero-order valence-corrected chi connectivity index (χ0v) is 15.7. The minimum absolute atomic E-state index is 0.145. The molecule has 5 heteroatoms. The van der Waals surface area contributed by atoms with Gasteiger partial charge in [0.05, 0.1) is 5.76 Å². The van der Waals surface area contributed by atoms with Crippen LogP contribution in [0.3, 0.4) is 0 Å². The lowest BCUT2D eigenvalue weighted by molar-refractivity contribution is -0.145. The van der Waals surface area contributed by atoms with Gasteiger partial charge in [-0.2, -0.15) is 0 Å². The van der Waals surface area contributed by atoms with Crippen LogP contribution in [-0.2, 0) is 23.8 Å². The molecular weight excluding hydrogens is 320 g/mol. The summed E-state index contributed by atoms with van der Waals surface area (Å²) in [6.07, 6.45) is 4.41. The molecule has 1 saturated heterocycles. The summed E-state index contributed by atoms with van der Waals surface area (Å²) >= 11 is 0. The molecule has 0 amide bonds. The average molecular weight is 348 g/mol. The van der Waals surface area contributed by atoms with Crippen LogP contribution in [0, 0.1) is 11.8 Å². The predicted octanol–water partition coefficient (Wildman–Crippen LogP) is 3.70. The standard InChI is InChI=1S/C20H28O5/c1-11-7-8-18(24-15(5)21)12(2)9-20-17(13(3)14(4)23-20)10-19(11)25-16(6)22/h7,9,13,17-20H,4,8,10H2,1-3,5-6H3/b11-7+,12-9+/t13-,17+,18-,19+,20+/m0/s1. The fraction of sp³-hybridized carbons (Fsp3) is 0.600. The largest absolute Gasteiger partial charge is 0.491 e. The molecule has 25 heavy (non-hydrogen) atoms. The Morgan fingerprint density at radius 3 is 2.32 bits per heavy atom. The molecule has 0 radical (unpaired) electrons. The molecule has 138 valence electrons. The third-order valence-corrected chi connectivity index (χ3v) is 5.06. The van der Waals surface area contributed by atoms with Gasteiger partial charge >= 0.3 is 11.9 Å². The number of ether oxygens (including phenoxy) is 3. The number of rotatable bonds is 2. The van der Waals surface area contributed by atoms with Crippen molar-refractivity contribution in [1.29, 1.82) is 0 Å². The Morgan fingerprint density at radius 2 is 1.72 bits per heavy atom. The first-order chi connectivity index (χ1) is 11.7. The quantitative estimate of drug-likeness (QED) is 0.562. The van der Waals surface area contributed by atoms with Crippen LogP contribution < -0.4 is 0 Å². The van der Waals surface area contributed by atoms with Gasteiger partial charge in [-0.25, -0.2) is 0 Å². The van der Waals surface area contributed by atoms with E-state index in [1.54, 1.807) is 0 Å². The molecule has 1 fully saturated rings. The molecule has 1 aliphatic carbocycles. The number of carbonyl (C=O) groups is 2. The van der Waals surface area contributed by atoms with Gasteiger partial charge in [0, 0.05) is 32.1 Å². The normalized spacial score (nSPS) is 36.8. The van der Waals surface area contributed by atoms with Crippen LogP contribution in [-0.4, -0.2) is 30.3 Å². The first kappa shape index (κ1) is 19.3. The highest BCUT2D eigenvalue weighted by molar-refractivity contribution is 5.67. The van der Waals surface area contributed by atoms with E-state index >= 15 is 0 Å². The molecule has 0 saturated carbocycles. The van der Waals surface area contributed by atoms with E-state index in [9.17, 15) is 9.59 Å². The average Bonchev–Trinajstić information content (AvgIpc) is 2.76. The lowest BCUT2D eigenvalue weighted by atomic mass is 9.82. The lowest BCUT2D eigenvalue weighted by Gasteiger charge is -2.27. The van der Waals surface area contributed by atoms with Crippen LogP contribution in [0.1, 0.15) is 47.5 Å². The van der Waals surface area contributed by atoms with Gasteiger partial charge in [-0.3, -0.25) is 9.59 Å². The molecule has 5 atom stereocenters. The minimum atomic E-state index is -0.350. The summed E-state index contributed by atoms with van der Waals surface area (Å²) in [6, 6.07) is 0. The third-order valence-electron chi connectivity index (χ3n) is 5.06. The Balaban J connectivity index is 2.40. The van der Waals surface area contributed by atoms with E-state index in [2.05, 4.69) is 13.5 Å². The lowest BCUT2D eigenvalue weighted by Crippen LogP contribution is -2.29. The second kappa shape index (κ2) is 7.89. The van der Waals surface area contributed by atoms with E-state index in [0.29, 0.717) is 12.8 Å². The first-order valence-corrected chi connectivity index (χ1v) is 8.74. The van der Waals surface area contributed by atoms with Gasteiger partial charge < -0.3 is 14.2 Å². The monoisotopic (exact) mass is 348 g/mol. The van der Waals surface area contributed by atoms with Crippen molar-refractivity contribution in [3.05, 3.63) is 35.6 Å². The van der Waals surface area contributed by atoms with Crippen LogP contribution in [0.15, 0.2) is 35.6 Å². The Bertz CT molecular complexity index is 616. The van der Waals surface area contributed by atoms with Crippen molar-refractivity contribution in [1.82, 2.24) is 0 Å². The van der Waals surface area contributed by atoms with Crippen LogP contribution in [0.25, 0.3) is 0 Å². The maximum absolute atomic E-state index is 11.5. The number of hydrogen-bond donors (Lipinski definition) is 0. The second-order valence-corrected chi connectivity index (χ2v) is 7.03. The zero-order chi connectivity index (χ0) is 18.7. The van der Waals surface area contributed by atoms with Crippen molar-refractivity contribution < 1.29 is 23.8 Å². The smallest absolute Gasteiger partial charge is 0.303 e. The zero-order valence-electron chi connectivity index (χ0n) is 15.7. The minimum Gasteiger partial charge on any atom is -0.491 e. The predicted molar refractivity (Wildman–Crippen MR) is 94.5 cm³/mol. The van der Waals surface area contributed by atoms with Gasteiger partial charge in [0.25, 0.3) is 0 Å². The van der Waals surface area contributed by atoms with Gasteiger partial charge in [0.2, 0.25) is 0 Å². The number of allylic oxidation sites excluding steroid dienone is 1. The molecule has 0 bridgehead atoms. The summed E-state index contributed by atoms with van der Waals surface area (Å²) in [5, 5.41) is 0. The van der Waals surface area contributed by atoms with Gasteiger partial charge in [0.1, 0.15) is 18.3 Å². The first-order valence-electron chi connectivity index (χ1n) is 8.74. The molecule has 2 aliphatic rings. The molecule has 0 aromatic rings. The van der Waals surface area contributed by atoms with Crippen LogP contribution >= 0.6 is 0 Å². The van der Waals surface area contributed by atoms with Crippen molar-refractivity contribution in [2.75, 3.05) is 0 Å². The molecule has 1 heterocycles. The van der Waals surface area contributed by atoms with Crippen molar-refractivity contribution in [2.45, 2.75) is 65.8 Å². The topological polar surface area (TPSA) is 61.8 Å². The van der Waals surface area contributed by atoms with E-state index in [0.717, 1.165) is 16.9 Å². The van der Waals surface area contributed by atoms with E-state index in [1.807, 2.05) is 26.0 Å². The van der Waals surface area contributed by atoms with E-state index < -0.39 is 0 Å². The molecule has 0 N–H and O–H groups in total. The summed E-state index contributed by atoms with van der Waals surface area (Å²) in [5.41, 5.74) is 1.92. The van der Waals surface area contributed by atoms with E-state index in [1.165, 1.54) is 13.8 Å². The summed E-state index contributed by atoms with van der Waals surface area (Å²) < 4.78 is 17.0. The maximum atomic E-state index is 11.5. The highest BCUT2D eigenvalue weighted by atomic mass is 16.5. The molecule has 0 aromatic carbocycles. The number of hydrogen-bond acceptors (Lipinski definition) is 5. The van der Waals surface area contributed by atoms with Gasteiger partial charge in [-0.1, -0.05) is 19.6 Å². The van der Waals surface area contributed by atoms with Gasteiger partial charge in [-0.15, -0.1) is 0 Å². The molecule has 0 aromatic heterocycles. The Labute approximate surface area is 149 Å². The van der Waals surface area contributed by atoms with Crippen LogP contribution in [0.2, 0.25) is 0 Å². The fourth-order valence-electron chi connectivity index (χ4n) is 3.48. The van der Waals surface area contributed by atoms with Crippen molar-refractivity contribution in [2.24, 2.45) is 11.8 Å². The molecule has 5 nitrogen and oxygen atoms in total. The van der Waals surface area contributed by atoms with Crippen LogP contribution in [0.4, 0.5) is 0 Å². The fourth-order valence-corrected chi connectivity index (χ4v) is 3.48. The Morgan fingerprint density at radius 1 is 1.12 bits per heavy atom. The molecule has 2 rings (SSSR count). The highest BCUT2D eigenvalue weighted by Crippen LogP contribution is 2.40. The SMILES string of the molecule is C=C1O[C@@H]2/C=C(\C)[C@@H](OC(C)=O)C/C=C(\C)[C@H](OC(C)=O)C[C@@H]2[C@H]1C. The Hall–Kier alpha value is -2.04. The number of carbonyl (C=O) groups excluding carboxylic acids is 2. The summed E-state index contributed by atoms with van der Waals surface area (Å²) in [6.45, 7) is 12.8. The van der Waals surface area contributed by atoms with Crippen molar-refractivity contribution in [3.63, 3.8) is 0 Å². The van der Waals surface area contributed by atoms with Crippen molar-refractivity contribution >= 4 is 11.9 Å². The van der Waals surface area contributed by atoms with Gasteiger partial charge in [0.15, 0.2) is 0 Å². The van der Waals surface area contributed by atoms with E-state index in [-0.39, 0.29) is 42.1 Å². The Kier molecular flexibility index (Phi) is 6.09. The number of fused-ring (bicyclic) bond motifs is 1. The summed E-state index contributed by atoms with van der Waals surface area (Å²) in [7, 11) is 0. The highest BCUT2D eigenvalue weighted by Gasteiger charge is 2.40. The molecule has 1 aliphatic heterocycles. The van der Waals surface area contributed by atoms with Crippen LogP contribution in [0.5, 0.6) is 0 Å². The third kappa shape index (κ3) is 4.74. The second-order valence-electron chi connectivity index (χ2n) is 7.03. The molecule has 0 spiro atoms. The van der Waals surface area contributed by atoms with E-state index in [4.69, 9.17) is 14.2 Å². The summed E-state index contributed by atoms with van der Waals surface area (Å²) in [4.78, 5) is 23.0. The summed E-state index contributed by atoms with van der Waals surface area (Å²) in [5.74, 6) is 0.419. The molecule has 0 unspecified atom stereocenters. The molecular formula is C20H28O5.